The predicted molar refractivity (Wildman–Crippen MR) is 179 cm³/mol. The van der Waals surface area contributed by atoms with Crippen molar-refractivity contribution in [2.24, 2.45) is 11.8 Å². The van der Waals surface area contributed by atoms with E-state index in [2.05, 4.69) is 67.5 Å². The van der Waals surface area contributed by atoms with Crippen molar-refractivity contribution in [1.29, 1.82) is 0 Å². The molecule has 0 radical (unpaired) electrons. The van der Waals surface area contributed by atoms with E-state index in [1.54, 1.807) is 18.3 Å². The van der Waals surface area contributed by atoms with Crippen molar-refractivity contribution in [1.82, 2.24) is 4.90 Å². The largest absolute Gasteiger partial charge is 0.530 e. The van der Waals surface area contributed by atoms with Gasteiger partial charge < -0.3 is 14.8 Å². The quantitative estimate of drug-likeness (QED) is 0.199. The second kappa shape index (κ2) is 13.2. The second-order valence-corrected chi connectivity index (χ2v) is 20.7. The number of carbonyl (C=O) groups is 3. The first-order valence-electron chi connectivity index (χ1n) is 16.6. The zero-order valence-electron chi connectivity index (χ0n) is 28.1. The maximum Gasteiger partial charge on any atom is 0.165 e. The molecular formula is C38H52NO4Si-. The summed E-state index contributed by atoms with van der Waals surface area (Å²) in [5, 5.41) is 14.1. The number of nitrogens with zero attached hydrogens (tertiary/aromatic N) is 1. The van der Waals surface area contributed by atoms with Crippen LogP contribution in [-0.4, -0.2) is 36.2 Å². The van der Waals surface area contributed by atoms with Crippen LogP contribution < -0.4 is 5.11 Å². The first-order valence-corrected chi connectivity index (χ1v) is 18.8. The number of carboxylic acid groups (broad SMARTS) is 1. The molecule has 1 aliphatic heterocycles. The van der Waals surface area contributed by atoms with Gasteiger partial charge >= 0.3 is 0 Å². The summed E-state index contributed by atoms with van der Waals surface area (Å²) < 4.78 is 0. The molecule has 2 aliphatic rings. The average molecular weight is 615 g/mol. The van der Waals surface area contributed by atoms with Gasteiger partial charge in [-0.05, 0) is 57.5 Å². The lowest BCUT2D eigenvalue weighted by atomic mass is 9.55. The van der Waals surface area contributed by atoms with Gasteiger partial charge in [-0.1, -0.05) is 129 Å². The van der Waals surface area contributed by atoms with Crippen molar-refractivity contribution in [3.8, 4) is 0 Å². The summed E-state index contributed by atoms with van der Waals surface area (Å²) in [6, 6.07) is 19.5. The van der Waals surface area contributed by atoms with Crippen LogP contribution in [0.4, 0.5) is 4.79 Å². The van der Waals surface area contributed by atoms with E-state index in [1.807, 2.05) is 36.4 Å². The Bertz CT molecular complexity index is 1340. The maximum absolute atomic E-state index is 14.7. The minimum Gasteiger partial charge on any atom is -0.530 e. The number of carbonyl (C=O) groups excluding carboxylic acids is 3. The van der Waals surface area contributed by atoms with Gasteiger partial charge in [0.15, 0.2) is 11.6 Å². The predicted octanol–water partition coefficient (Wildman–Crippen LogP) is 8.50. The van der Waals surface area contributed by atoms with Crippen molar-refractivity contribution in [2.45, 2.75) is 121 Å². The van der Waals surface area contributed by atoms with E-state index < -0.39 is 19.7 Å². The molecule has 0 N–H and O–H groups in total. The Morgan fingerprint density at radius 2 is 1.41 bits per heavy atom. The van der Waals surface area contributed by atoms with Crippen LogP contribution in [0.5, 0.6) is 0 Å². The number of amides is 1. The van der Waals surface area contributed by atoms with Gasteiger partial charge in [-0.3, -0.25) is 9.59 Å². The minimum atomic E-state index is -2.51. The molecule has 44 heavy (non-hydrogen) atoms. The van der Waals surface area contributed by atoms with E-state index in [0.29, 0.717) is 10.8 Å². The molecule has 2 aromatic rings. The third-order valence-electron chi connectivity index (χ3n) is 11.5. The van der Waals surface area contributed by atoms with E-state index in [-0.39, 0.29) is 58.3 Å². The van der Waals surface area contributed by atoms with Gasteiger partial charge in [0, 0.05) is 24.6 Å². The van der Waals surface area contributed by atoms with Gasteiger partial charge in [0.25, 0.3) is 0 Å². The molecule has 0 unspecified atom stereocenters. The summed E-state index contributed by atoms with van der Waals surface area (Å²) in [5.74, 6) is -0.252. The number of ketones is 2. The Morgan fingerprint density at radius 3 is 1.93 bits per heavy atom. The van der Waals surface area contributed by atoms with E-state index in [1.165, 1.54) is 10.5 Å². The number of rotatable bonds is 10. The van der Waals surface area contributed by atoms with Gasteiger partial charge in [0.1, 0.15) is 14.2 Å². The molecule has 1 saturated carbocycles. The molecule has 238 valence electrons. The molecule has 3 atom stereocenters. The molecule has 0 bridgehead atoms. The third-order valence-corrected chi connectivity index (χ3v) is 18.6. The fraction of sp³-hybridized carbons (Fsp3) is 0.553. The lowest BCUT2D eigenvalue weighted by Crippen LogP contribution is -2.66. The molecule has 0 saturated heterocycles. The highest BCUT2D eigenvalue weighted by Crippen LogP contribution is 2.55. The Morgan fingerprint density at radius 1 is 0.886 bits per heavy atom. The zero-order chi connectivity index (χ0) is 32.4. The molecular weight excluding hydrogens is 563 g/mol. The van der Waals surface area contributed by atoms with E-state index >= 15 is 0 Å². The Balaban J connectivity index is 1.97. The number of benzene rings is 2. The summed E-state index contributed by atoms with van der Waals surface area (Å²) in [7, 11) is -2.51. The van der Waals surface area contributed by atoms with Crippen molar-refractivity contribution in [3.05, 3.63) is 83.2 Å². The fourth-order valence-electron chi connectivity index (χ4n) is 9.62. The van der Waals surface area contributed by atoms with Gasteiger partial charge in [0.2, 0.25) is 0 Å². The standard InChI is InChI=1S/C38H53NO4Si/c1-26(2)44(27(3)4,28(5)6)35-25-39(36(42)43)38(24-34(35)41,23-33(40)29-17-11-9-12-18-29)32-22-16-15-21-31(32)37(7,8)30-19-13-10-14-20-30/h9-14,17-20,25-28,31-32H,15-16,21-24H2,1-8H3,(H,42,43)/p-1/t31-,32+,38-/m1/s1. The lowest BCUT2D eigenvalue weighted by Gasteiger charge is -2.58. The Labute approximate surface area is 266 Å². The zero-order valence-corrected chi connectivity index (χ0v) is 29.1. The monoisotopic (exact) mass is 614 g/mol. The molecule has 4 rings (SSSR count). The normalized spacial score (nSPS) is 23.3. The van der Waals surface area contributed by atoms with Crippen molar-refractivity contribution < 1.29 is 19.5 Å². The van der Waals surface area contributed by atoms with Crippen molar-refractivity contribution in [2.75, 3.05) is 0 Å². The van der Waals surface area contributed by atoms with Crippen molar-refractivity contribution in [3.63, 3.8) is 0 Å². The van der Waals surface area contributed by atoms with Crippen LogP contribution in [0, 0.1) is 11.8 Å². The number of hydrogen-bond acceptors (Lipinski definition) is 4. The number of Topliss-reactive ketones (excluding diaryl/α,β-unsaturated/α-hetero) is 2. The summed E-state index contributed by atoms with van der Waals surface area (Å²) >= 11 is 0. The Kier molecular flexibility index (Phi) is 10.1. The summed E-state index contributed by atoms with van der Waals surface area (Å²) in [6.07, 6.45) is 3.94. The molecule has 5 nitrogen and oxygen atoms in total. The molecule has 1 heterocycles. The van der Waals surface area contributed by atoms with E-state index in [9.17, 15) is 19.5 Å². The fourth-order valence-corrected chi connectivity index (χ4v) is 16.4. The second-order valence-electron chi connectivity index (χ2n) is 14.8. The molecule has 2 aromatic carbocycles. The van der Waals surface area contributed by atoms with Gasteiger partial charge in [-0.2, -0.15) is 0 Å². The van der Waals surface area contributed by atoms with Crippen LogP contribution in [0.25, 0.3) is 0 Å². The van der Waals surface area contributed by atoms with Gasteiger partial charge in [0.05, 0.1) is 5.54 Å². The topological polar surface area (TPSA) is 77.5 Å². The van der Waals surface area contributed by atoms with Crippen molar-refractivity contribution >= 4 is 25.7 Å². The summed E-state index contributed by atoms with van der Waals surface area (Å²) in [6.45, 7) is 17.6. The number of hydrogen-bond donors (Lipinski definition) is 0. The molecule has 0 aromatic heterocycles. The summed E-state index contributed by atoms with van der Waals surface area (Å²) in [5.41, 5.74) is 0.904. The molecule has 1 fully saturated rings. The minimum absolute atomic E-state index is 0.0122. The smallest absolute Gasteiger partial charge is 0.165 e. The van der Waals surface area contributed by atoms with Crippen LogP contribution in [0.3, 0.4) is 0 Å². The van der Waals surface area contributed by atoms with Crippen LogP contribution in [-0.2, 0) is 10.2 Å². The first-order chi connectivity index (χ1) is 20.7. The van der Waals surface area contributed by atoms with E-state index in [4.69, 9.17) is 0 Å². The summed E-state index contributed by atoms with van der Waals surface area (Å²) in [4.78, 5) is 43.6. The third kappa shape index (κ3) is 5.87. The highest BCUT2D eigenvalue weighted by atomic mass is 28.3. The molecule has 0 spiro atoms. The maximum atomic E-state index is 14.7. The van der Waals surface area contributed by atoms with E-state index in [0.717, 1.165) is 25.7 Å². The first kappa shape index (κ1) is 33.9. The lowest BCUT2D eigenvalue weighted by molar-refractivity contribution is -0.270. The van der Waals surface area contributed by atoms with Crippen LogP contribution in [0.1, 0.15) is 110 Å². The van der Waals surface area contributed by atoms with Crippen LogP contribution >= 0.6 is 0 Å². The van der Waals surface area contributed by atoms with Gasteiger partial charge in [-0.15, -0.1) is 0 Å². The highest BCUT2D eigenvalue weighted by Gasteiger charge is 2.58. The Hall–Kier alpha value is -2.99. The van der Waals surface area contributed by atoms with Crippen LogP contribution in [0.15, 0.2) is 72.1 Å². The molecule has 1 aliphatic carbocycles. The molecule has 1 amide bonds. The SMILES string of the molecule is CC(C)[Si](C1=CN(C(=O)[O-])[C@@](CC(=O)c2ccccc2)([C@H]2CCCC[C@H]2C(C)(C)c2ccccc2)CC1=O)(C(C)C)C(C)C. The van der Waals surface area contributed by atoms with Crippen LogP contribution in [0.2, 0.25) is 16.6 Å². The molecule has 6 heteroatoms. The highest BCUT2D eigenvalue weighted by molar-refractivity contribution is 6.93. The number of allylic oxidation sites excluding steroid dienone is 1. The van der Waals surface area contributed by atoms with Gasteiger partial charge in [-0.25, -0.2) is 0 Å². The average Bonchev–Trinajstić information content (AvgIpc) is 2.98.